The number of carbonyl (C=O) groups is 1. The lowest BCUT2D eigenvalue weighted by atomic mass is 10.1. The van der Waals surface area contributed by atoms with Gasteiger partial charge in [-0.05, 0) is 24.1 Å². The minimum atomic E-state index is -0.0747. The van der Waals surface area contributed by atoms with Crippen molar-refractivity contribution in [2.75, 3.05) is 33.9 Å². The topological polar surface area (TPSA) is 50.8 Å². The van der Waals surface area contributed by atoms with E-state index in [4.69, 9.17) is 9.47 Å². The number of likely N-dealkylation sites (N-methyl/N-ethyl adjacent to an activating group) is 1. The molecule has 1 aliphatic heterocycles. The van der Waals surface area contributed by atoms with E-state index in [9.17, 15) is 4.79 Å². The van der Waals surface area contributed by atoms with Gasteiger partial charge >= 0.3 is 6.03 Å². The maximum Gasteiger partial charge on any atom is 0.316 e. The molecular weight excluding hydrogens is 244 g/mol. The van der Waals surface area contributed by atoms with Crippen LogP contribution in [0.1, 0.15) is 12.0 Å². The van der Waals surface area contributed by atoms with E-state index in [2.05, 4.69) is 5.32 Å². The van der Waals surface area contributed by atoms with Crippen molar-refractivity contribution < 1.29 is 14.3 Å². The molecule has 1 heterocycles. The first-order valence-electron chi connectivity index (χ1n) is 6.52. The Balaban J connectivity index is 1.98. The molecule has 1 aromatic carbocycles. The van der Waals surface area contributed by atoms with Gasteiger partial charge in [0.05, 0.1) is 13.2 Å². The van der Waals surface area contributed by atoms with Gasteiger partial charge in [-0.25, -0.2) is 4.79 Å². The van der Waals surface area contributed by atoms with Crippen LogP contribution in [0.3, 0.4) is 0 Å². The summed E-state index contributed by atoms with van der Waals surface area (Å²) < 4.78 is 11.2. The zero-order valence-electron chi connectivity index (χ0n) is 11.4. The van der Waals surface area contributed by atoms with Crippen molar-refractivity contribution >= 4 is 6.03 Å². The third-order valence-electron chi connectivity index (χ3n) is 3.11. The van der Waals surface area contributed by atoms with Crippen molar-refractivity contribution in [3.63, 3.8) is 0 Å². The highest BCUT2D eigenvalue weighted by Gasteiger charge is 2.11. The lowest BCUT2D eigenvalue weighted by Gasteiger charge is -2.16. The standard InChI is InChI=1S/C14H20N2O3/c1-15-14(17)16(2)7-6-11-4-5-12-13(10-11)19-9-3-8-18-12/h4-5,10H,3,6-9H2,1-2H3,(H,15,17). The average Bonchev–Trinajstić information content (AvgIpc) is 2.68. The van der Waals surface area contributed by atoms with Crippen molar-refractivity contribution in [1.82, 2.24) is 10.2 Å². The molecular formula is C14H20N2O3. The number of amides is 2. The molecule has 0 aliphatic carbocycles. The molecule has 1 aromatic rings. The fraction of sp³-hybridized carbons (Fsp3) is 0.500. The maximum atomic E-state index is 11.4. The highest BCUT2D eigenvalue weighted by Crippen LogP contribution is 2.30. The van der Waals surface area contributed by atoms with Gasteiger partial charge in [0.2, 0.25) is 0 Å². The molecule has 0 unspecified atom stereocenters. The number of hydrogen-bond acceptors (Lipinski definition) is 3. The number of benzene rings is 1. The molecule has 5 nitrogen and oxygen atoms in total. The van der Waals surface area contributed by atoms with Crippen molar-refractivity contribution in [3.8, 4) is 11.5 Å². The first-order valence-corrected chi connectivity index (χ1v) is 6.52. The summed E-state index contributed by atoms with van der Waals surface area (Å²) in [5.74, 6) is 1.61. The van der Waals surface area contributed by atoms with Gasteiger partial charge in [-0.1, -0.05) is 6.07 Å². The Kier molecular flexibility index (Phi) is 4.49. The van der Waals surface area contributed by atoms with Crippen LogP contribution in [-0.2, 0) is 6.42 Å². The molecule has 5 heteroatoms. The predicted molar refractivity (Wildman–Crippen MR) is 72.8 cm³/mol. The van der Waals surface area contributed by atoms with E-state index in [1.807, 2.05) is 18.2 Å². The normalized spacial score (nSPS) is 13.6. The summed E-state index contributed by atoms with van der Waals surface area (Å²) in [4.78, 5) is 13.0. The van der Waals surface area contributed by atoms with Gasteiger partial charge in [-0.15, -0.1) is 0 Å². The van der Waals surface area contributed by atoms with E-state index in [1.54, 1.807) is 19.0 Å². The Bertz CT molecular complexity index is 448. The largest absolute Gasteiger partial charge is 0.490 e. The zero-order valence-corrected chi connectivity index (χ0v) is 11.4. The molecule has 0 saturated heterocycles. The molecule has 104 valence electrons. The Morgan fingerprint density at radius 3 is 2.79 bits per heavy atom. The van der Waals surface area contributed by atoms with Crippen LogP contribution in [0, 0.1) is 0 Å². The van der Waals surface area contributed by atoms with Gasteiger partial charge in [0.15, 0.2) is 11.5 Å². The van der Waals surface area contributed by atoms with E-state index in [-0.39, 0.29) is 6.03 Å². The summed E-state index contributed by atoms with van der Waals surface area (Å²) >= 11 is 0. The van der Waals surface area contributed by atoms with Crippen LogP contribution in [0.2, 0.25) is 0 Å². The van der Waals surface area contributed by atoms with E-state index >= 15 is 0 Å². The Morgan fingerprint density at radius 1 is 1.32 bits per heavy atom. The third-order valence-corrected chi connectivity index (χ3v) is 3.11. The second-order valence-corrected chi connectivity index (χ2v) is 4.56. The number of carbonyl (C=O) groups excluding carboxylic acids is 1. The molecule has 0 atom stereocenters. The molecule has 0 aromatic heterocycles. The van der Waals surface area contributed by atoms with Gasteiger partial charge < -0.3 is 19.7 Å². The highest BCUT2D eigenvalue weighted by molar-refractivity contribution is 5.73. The van der Waals surface area contributed by atoms with Crippen molar-refractivity contribution in [2.45, 2.75) is 12.8 Å². The Labute approximate surface area is 113 Å². The first-order chi connectivity index (χ1) is 9.20. The number of rotatable bonds is 3. The summed E-state index contributed by atoms with van der Waals surface area (Å²) in [6.45, 7) is 2.06. The van der Waals surface area contributed by atoms with Crippen LogP contribution in [-0.4, -0.2) is 44.8 Å². The minimum absolute atomic E-state index is 0.0747. The monoisotopic (exact) mass is 264 g/mol. The quantitative estimate of drug-likeness (QED) is 0.903. The summed E-state index contributed by atoms with van der Waals surface area (Å²) in [6, 6.07) is 5.88. The number of hydrogen-bond donors (Lipinski definition) is 1. The van der Waals surface area contributed by atoms with Crippen LogP contribution in [0.4, 0.5) is 4.79 Å². The van der Waals surface area contributed by atoms with Gasteiger partial charge in [-0.2, -0.15) is 0 Å². The summed E-state index contributed by atoms with van der Waals surface area (Å²) in [7, 11) is 3.41. The van der Waals surface area contributed by atoms with Crippen LogP contribution < -0.4 is 14.8 Å². The highest BCUT2D eigenvalue weighted by atomic mass is 16.5. The maximum absolute atomic E-state index is 11.4. The summed E-state index contributed by atoms with van der Waals surface area (Å²) in [6.07, 6.45) is 1.70. The molecule has 0 fully saturated rings. The lowest BCUT2D eigenvalue weighted by Crippen LogP contribution is -2.36. The second kappa shape index (κ2) is 6.31. The number of nitrogens with one attached hydrogen (secondary N) is 1. The zero-order chi connectivity index (χ0) is 13.7. The van der Waals surface area contributed by atoms with Crippen molar-refractivity contribution in [3.05, 3.63) is 23.8 Å². The molecule has 1 N–H and O–H groups in total. The fourth-order valence-electron chi connectivity index (χ4n) is 1.95. The Morgan fingerprint density at radius 2 is 2.05 bits per heavy atom. The van der Waals surface area contributed by atoms with Gasteiger partial charge in [0.25, 0.3) is 0 Å². The van der Waals surface area contributed by atoms with Crippen molar-refractivity contribution in [2.24, 2.45) is 0 Å². The van der Waals surface area contributed by atoms with E-state index < -0.39 is 0 Å². The number of nitrogens with zero attached hydrogens (tertiary/aromatic N) is 1. The lowest BCUT2D eigenvalue weighted by molar-refractivity contribution is 0.211. The third kappa shape index (κ3) is 3.53. The molecule has 0 spiro atoms. The summed E-state index contributed by atoms with van der Waals surface area (Å²) in [5.41, 5.74) is 1.14. The van der Waals surface area contributed by atoms with Crippen LogP contribution >= 0.6 is 0 Å². The van der Waals surface area contributed by atoms with E-state index in [1.165, 1.54) is 0 Å². The molecule has 2 amide bonds. The number of ether oxygens (including phenoxy) is 2. The number of urea groups is 1. The van der Waals surface area contributed by atoms with Crippen molar-refractivity contribution in [1.29, 1.82) is 0 Å². The average molecular weight is 264 g/mol. The Hall–Kier alpha value is -1.91. The number of fused-ring (bicyclic) bond motifs is 1. The summed E-state index contributed by atoms with van der Waals surface area (Å²) in [5, 5.41) is 2.60. The molecule has 0 saturated carbocycles. The van der Waals surface area contributed by atoms with Crippen LogP contribution in [0.25, 0.3) is 0 Å². The van der Waals surface area contributed by atoms with E-state index in [0.717, 1.165) is 29.9 Å². The van der Waals surface area contributed by atoms with Gasteiger partial charge in [-0.3, -0.25) is 0 Å². The van der Waals surface area contributed by atoms with E-state index in [0.29, 0.717) is 19.8 Å². The van der Waals surface area contributed by atoms with Gasteiger partial charge in [0.1, 0.15) is 0 Å². The molecule has 1 aliphatic rings. The van der Waals surface area contributed by atoms with Crippen LogP contribution in [0.15, 0.2) is 18.2 Å². The molecule has 19 heavy (non-hydrogen) atoms. The SMILES string of the molecule is CNC(=O)N(C)CCc1ccc2c(c1)OCCCO2. The van der Waals surface area contributed by atoms with Crippen LogP contribution in [0.5, 0.6) is 11.5 Å². The molecule has 0 bridgehead atoms. The molecule has 0 radical (unpaired) electrons. The smallest absolute Gasteiger partial charge is 0.316 e. The first kappa shape index (κ1) is 13.5. The second-order valence-electron chi connectivity index (χ2n) is 4.56. The minimum Gasteiger partial charge on any atom is -0.490 e. The predicted octanol–water partition coefficient (Wildman–Crippen LogP) is 1.66. The fourth-order valence-corrected chi connectivity index (χ4v) is 1.95. The molecule has 2 rings (SSSR count). The van der Waals surface area contributed by atoms with Gasteiger partial charge in [0, 0.05) is 27.1 Å².